The fourth-order valence-corrected chi connectivity index (χ4v) is 3.58. The molecule has 0 amide bonds. The minimum atomic E-state index is -0.894. The summed E-state index contributed by atoms with van der Waals surface area (Å²) in [7, 11) is 1.35. The standard InChI is InChI=1S/C21H20N2O5/c1-27-21(26)13-4-2-3-12(9-13)11-28-14-5-6-17-16(10-14)15-7-8-22-19(20(24)25)18(15)23-17/h2-6,9-10,19,22-23H,7-8,11H2,1H3,(H,24,25). The molecule has 1 atom stereocenters. The van der Waals surface area contributed by atoms with Crippen LogP contribution in [0.25, 0.3) is 10.9 Å². The molecular formula is C21H20N2O5. The Morgan fingerprint density at radius 3 is 2.86 bits per heavy atom. The van der Waals surface area contributed by atoms with Crippen molar-refractivity contribution in [3.63, 3.8) is 0 Å². The number of rotatable bonds is 5. The number of carboxylic acids is 1. The SMILES string of the molecule is COC(=O)c1cccc(COc2ccc3[nH]c4c(c3c2)CCNC4C(=O)O)c1. The summed E-state index contributed by atoms with van der Waals surface area (Å²) in [5.74, 6) is -0.596. The summed E-state index contributed by atoms with van der Waals surface area (Å²) < 4.78 is 10.6. The number of H-pyrrole nitrogens is 1. The van der Waals surface area contributed by atoms with E-state index in [0.717, 1.165) is 28.5 Å². The molecule has 2 heterocycles. The maximum atomic E-state index is 11.7. The first-order valence-electron chi connectivity index (χ1n) is 8.97. The molecule has 0 saturated heterocycles. The van der Waals surface area contributed by atoms with Crippen molar-refractivity contribution in [2.75, 3.05) is 13.7 Å². The molecule has 7 heteroatoms. The number of ether oxygens (including phenoxy) is 2. The van der Waals surface area contributed by atoms with Crippen molar-refractivity contribution >= 4 is 22.8 Å². The van der Waals surface area contributed by atoms with E-state index in [0.29, 0.717) is 30.2 Å². The third kappa shape index (κ3) is 3.32. The highest BCUT2D eigenvalue weighted by Gasteiger charge is 2.29. The van der Waals surface area contributed by atoms with Crippen LogP contribution in [0.15, 0.2) is 42.5 Å². The van der Waals surface area contributed by atoms with Crippen molar-refractivity contribution in [2.24, 2.45) is 0 Å². The minimum Gasteiger partial charge on any atom is -0.489 e. The van der Waals surface area contributed by atoms with Crippen LogP contribution in [0.4, 0.5) is 0 Å². The molecule has 1 aromatic heterocycles. The van der Waals surface area contributed by atoms with E-state index in [1.165, 1.54) is 7.11 Å². The molecule has 1 aliphatic heterocycles. The van der Waals surface area contributed by atoms with Crippen molar-refractivity contribution in [2.45, 2.75) is 19.1 Å². The Balaban J connectivity index is 1.57. The van der Waals surface area contributed by atoms with Gasteiger partial charge in [-0.25, -0.2) is 4.79 Å². The van der Waals surface area contributed by atoms with E-state index in [4.69, 9.17) is 9.47 Å². The van der Waals surface area contributed by atoms with Crippen LogP contribution < -0.4 is 10.1 Å². The van der Waals surface area contributed by atoms with Crippen LogP contribution in [0.2, 0.25) is 0 Å². The lowest BCUT2D eigenvalue weighted by Crippen LogP contribution is -2.34. The predicted molar refractivity (Wildman–Crippen MR) is 102 cm³/mol. The Bertz CT molecular complexity index is 1060. The van der Waals surface area contributed by atoms with Gasteiger partial charge in [0.05, 0.1) is 12.7 Å². The van der Waals surface area contributed by atoms with Crippen molar-refractivity contribution in [1.29, 1.82) is 0 Å². The van der Waals surface area contributed by atoms with Gasteiger partial charge in [0, 0.05) is 23.1 Å². The Hall–Kier alpha value is -3.32. The van der Waals surface area contributed by atoms with Gasteiger partial charge in [0.1, 0.15) is 18.4 Å². The van der Waals surface area contributed by atoms with Crippen LogP contribution in [0.1, 0.15) is 33.2 Å². The summed E-state index contributed by atoms with van der Waals surface area (Å²) in [6.07, 6.45) is 0.754. The van der Waals surface area contributed by atoms with Gasteiger partial charge in [-0.1, -0.05) is 12.1 Å². The molecule has 0 spiro atoms. The summed E-state index contributed by atoms with van der Waals surface area (Å²) >= 11 is 0. The Kier molecular flexibility index (Phi) is 4.75. The number of aromatic amines is 1. The van der Waals surface area contributed by atoms with Crippen LogP contribution >= 0.6 is 0 Å². The van der Waals surface area contributed by atoms with Gasteiger partial charge in [0.25, 0.3) is 0 Å². The van der Waals surface area contributed by atoms with E-state index in [1.807, 2.05) is 24.3 Å². The summed E-state index contributed by atoms with van der Waals surface area (Å²) in [6.45, 7) is 0.921. The molecule has 144 valence electrons. The van der Waals surface area contributed by atoms with Crippen LogP contribution in [0.3, 0.4) is 0 Å². The molecule has 7 nitrogen and oxygen atoms in total. The number of aliphatic carboxylic acids is 1. The van der Waals surface area contributed by atoms with Crippen LogP contribution in [-0.4, -0.2) is 35.7 Å². The molecule has 2 aromatic carbocycles. The highest BCUT2D eigenvalue weighted by Crippen LogP contribution is 2.32. The van der Waals surface area contributed by atoms with Crippen LogP contribution in [0.5, 0.6) is 5.75 Å². The first-order valence-corrected chi connectivity index (χ1v) is 8.97. The molecule has 0 aliphatic carbocycles. The van der Waals surface area contributed by atoms with Gasteiger partial charge < -0.3 is 19.6 Å². The lowest BCUT2D eigenvalue weighted by Gasteiger charge is -2.20. The van der Waals surface area contributed by atoms with E-state index >= 15 is 0 Å². The molecular weight excluding hydrogens is 360 g/mol. The summed E-state index contributed by atoms with van der Waals surface area (Å²) in [6, 6.07) is 12.1. The molecule has 3 aromatic rings. The van der Waals surface area contributed by atoms with Crippen LogP contribution in [0, 0.1) is 0 Å². The zero-order valence-electron chi connectivity index (χ0n) is 15.3. The van der Waals surface area contributed by atoms with E-state index in [1.54, 1.807) is 18.2 Å². The number of esters is 1. The molecule has 0 fully saturated rings. The third-order valence-corrected chi connectivity index (χ3v) is 4.92. The Morgan fingerprint density at radius 1 is 1.21 bits per heavy atom. The lowest BCUT2D eigenvalue weighted by molar-refractivity contribution is -0.139. The van der Waals surface area contributed by atoms with E-state index in [2.05, 4.69) is 10.3 Å². The number of hydrogen-bond acceptors (Lipinski definition) is 5. The maximum Gasteiger partial charge on any atom is 0.337 e. The first kappa shape index (κ1) is 18.1. The minimum absolute atomic E-state index is 0.308. The van der Waals surface area contributed by atoms with Gasteiger partial charge in [0.2, 0.25) is 0 Å². The number of fused-ring (bicyclic) bond motifs is 3. The zero-order valence-corrected chi connectivity index (χ0v) is 15.3. The van der Waals surface area contributed by atoms with Gasteiger partial charge in [-0.05, 0) is 47.9 Å². The van der Waals surface area contributed by atoms with E-state index < -0.39 is 12.0 Å². The number of methoxy groups -OCH3 is 1. The molecule has 0 saturated carbocycles. The number of carbonyl (C=O) groups excluding carboxylic acids is 1. The molecule has 4 rings (SSSR count). The van der Waals surface area contributed by atoms with Gasteiger partial charge in [0.15, 0.2) is 0 Å². The molecule has 0 bridgehead atoms. The monoisotopic (exact) mass is 380 g/mol. The smallest absolute Gasteiger partial charge is 0.337 e. The largest absolute Gasteiger partial charge is 0.489 e. The average Bonchev–Trinajstić information content (AvgIpc) is 3.09. The molecule has 28 heavy (non-hydrogen) atoms. The molecule has 0 radical (unpaired) electrons. The average molecular weight is 380 g/mol. The van der Waals surface area contributed by atoms with Gasteiger partial charge in [-0.3, -0.25) is 10.1 Å². The van der Waals surface area contributed by atoms with Crippen molar-refractivity contribution in [3.8, 4) is 5.75 Å². The second kappa shape index (κ2) is 7.36. The molecule has 3 N–H and O–H groups in total. The fraction of sp³-hybridized carbons (Fsp3) is 0.238. The predicted octanol–water partition coefficient (Wildman–Crippen LogP) is 2.80. The summed E-state index contributed by atoms with van der Waals surface area (Å²) in [5.41, 5.74) is 3.94. The van der Waals surface area contributed by atoms with Gasteiger partial charge >= 0.3 is 11.9 Å². The number of benzene rings is 2. The second-order valence-corrected chi connectivity index (χ2v) is 6.68. The van der Waals surface area contributed by atoms with Gasteiger partial charge in [-0.15, -0.1) is 0 Å². The van der Waals surface area contributed by atoms with Gasteiger partial charge in [-0.2, -0.15) is 0 Å². The summed E-state index contributed by atoms with van der Waals surface area (Å²) in [5, 5.41) is 13.4. The summed E-state index contributed by atoms with van der Waals surface area (Å²) in [4.78, 5) is 26.4. The highest BCUT2D eigenvalue weighted by atomic mass is 16.5. The Labute approximate surface area is 161 Å². The number of aromatic nitrogens is 1. The fourth-order valence-electron chi connectivity index (χ4n) is 3.58. The van der Waals surface area contributed by atoms with Crippen molar-refractivity contribution < 1.29 is 24.2 Å². The molecule has 1 aliphatic rings. The highest BCUT2D eigenvalue weighted by molar-refractivity contribution is 5.90. The van der Waals surface area contributed by atoms with E-state index in [-0.39, 0.29) is 5.97 Å². The number of hydrogen-bond donors (Lipinski definition) is 3. The normalized spacial score (nSPS) is 15.8. The first-order chi connectivity index (χ1) is 13.6. The van der Waals surface area contributed by atoms with Crippen molar-refractivity contribution in [1.82, 2.24) is 10.3 Å². The topological polar surface area (TPSA) is 101 Å². The zero-order chi connectivity index (χ0) is 19.7. The lowest BCUT2D eigenvalue weighted by atomic mass is 9.99. The number of carbonyl (C=O) groups is 2. The number of nitrogens with one attached hydrogen (secondary N) is 2. The van der Waals surface area contributed by atoms with E-state index in [9.17, 15) is 14.7 Å². The quantitative estimate of drug-likeness (QED) is 0.589. The van der Waals surface area contributed by atoms with Crippen molar-refractivity contribution in [3.05, 3.63) is 64.8 Å². The number of carboxylic acid groups (broad SMARTS) is 1. The Morgan fingerprint density at radius 2 is 2.07 bits per heavy atom. The third-order valence-electron chi connectivity index (χ3n) is 4.92. The second-order valence-electron chi connectivity index (χ2n) is 6.68. The molecule has 1 unspecified atom stereocenters. The maximum absolute atomic E-state index is 11.7. The van der Waals surface area contributed by atoms with Crippen LogP contribution in [-0.2, 0) is 22.6 Å².